The van der Waals surface area contributed by atoms with Gasteiger partial charge in [-0.05, 0) is 29.8 Å². The average Bonchev–Trinajstić information content (AvgIpc) is 3.47. The van der Waals surface area contributed by atoms with E-state index in [0.717, 1.165) is 0 Å². The van der Waals surface area contributed by atoms with Gasteiger partial charge in [0.15, 0.2) is 5.13 Å². The van der Waals surface area contributed by atoms with Crippen LogP contribution in [0.5, 0.6) is 11.5 Å². The van der Waals surface area contributed by atoms with E-state index in [-0.39, 0.29) is 11.3 Å². The molecule has 2 heterocycles. The molecule has 1 atom stereocenters. The predicted molar refractivity (Wildman–Crippen MR) is 126 cm³/mol. The number of aliphatic hydroxyl groups excluding tert-OH is 1. The highest BCUT2D eigenvalue weighted by molar-refractivity contribution is 7.14. The third kappa shape index (κ3) is 3.90. The molecule has 0 bridgehead atoms. The minimum absolute atomic E-state index is 0.0123. The number of benzene rings is 3. The smallest absolute Gasteiger partial charge is 0.301 e. The van der Waals surface area contributed by atoms with Gasteiger partial charge in [0.2, 0.25) is 0 Å². The fraction of sp³-hybridized carbons (Fsp3) is 0.0385. The summed E-state index contributed by atoms with van der Waals surface area (Å²) in [4.78, 5) is 31.8. The summed E-state index contributed by atoms with van der Waals surface area (Å²) in [5, 5.41) is 13.2. The van der Waals surface area contributed by atoms with Crippen LogP contribution < -0.4 is 9.64 Å². The van der Waals surface area contributed by atoms with Gasteiger partial charge in [0.1, 0.15) is 17.3 Å². The molecule has 162 valence electrons. The number of rotatable bonds is 5. The Hall–Kier alpha value is -4.23. The Morgan fingerprint density at radius 1 is 0.909 bits per heavy atom. The molecule has 4 aromatic rings. The molecule has 1 N–H and O–H groups in total. The molecule has 1 aromatic heterocycles. The molecular formula is C26H18N2O4S. The number of carbonyl (C=O) groups excluding carboxylic acids is 2. The number of nitrogens with zero attached hydrogens (tertiary/aromatic N) is 2. The second-order valence-corrected chi connectivity index (χ2v) is 8.21. The molecule has 7 heteroatoms. The number of para-hydroxylation sites is 1. The van der Waals surface area contributed by atoms with Crippen molar-refractivity contribution in [3.05, 3.63) is 113 Å². The summed E-state index contributed by atoms with van der Waals surface area (Å²) in [6, 6.07) is 24.3. The highest BCUT2D eigenvalue weighted by atomic mass is 32.1. The van der Waals surface area contributed by atoms with Crippen molar-refractivity contribution in [3.8, 4) is 11.5 Å². The third-order valence-corrected chi connectivity index (χ3v) is 6.04. The first-order valence-corrected chi connectivity index (χ1v) is 11.1. The van der Waals surface area contributed by atoms with Crippen LogP contribution in [0.1, 0.15) is 17.2 Å². The fourth-order valence-electron chi connectivity index (χ4n) is 3.80. The maximum absolute atomic E-state index is 13.1. The van der Waals surface area contributed by atoms with E-state index in [1.54, 1.807) is 60.1 Å². The number of aromatic nitrogens is 1. The monoisotopic (exact) mass is 454 g/mol. The number of Topliss-reactive ketones (excluding diaryl/α,β-unsaturated/α-hetero) is 1. The van der Waals surface area contributed by atoms with Gasteiger partial charge in [-0.1, -0.05) is 60.7 Å². The Morgan fingerprint density at radius 2 is 1.61 bits per heavy atom. The van der Waals surface area contributed by atoms with Crippen LogP contribution in [-0.4, -0.2) is 21.8 Å². The van der Waals surface area contributed by atoms with Crippen LogP contribution in [-0.2, 0) is 9.59 Å². The zero-order chi connectivity index (χ0) is 22.8. The minimum atomic E-state index is -0.851. The molecule has 1 aliphatic rings. The van der Waals surface area contributed by atoms with Crippen molar-refractivity contribution in [2.24, 2.45) is 0 Å². The van der Waals surface area contributed by atoms with Crippen molar-refractivity contribution < 1.29 is 19.4 Å². The first kappa shape index (κ1) is 20.7. The van der Waals surface area contributed by atoms with Crippen LogP contribution in [0.4, 0.5) is 5.13 Å². The Bertz CT molecular complexity index is 1340. The molecule has 1 unspecified atom stereocenters. The number of carbonyl (C=O) groups is 2. The maximum atomic E-state index is 13.1. The Morgan fingerprint density at radius 3 is 2.30 bits per heavy atom. The topological polar surface area (TPSA) is 79.7 Å². The Labute approximate surface area is 194 Å². The average molecular weight is 455 g/mol. The lowest BCUT2D eigenvalue weighted by Gasteiger charge is -2.23. The maximum Gasteiger partial charge on any atom is 0.301 e. The van der Waals surface area contributed by atoms with Gasteiger partial charge in [0.25, 0.3) is 5.78 Å². The second-order valence-electron chi connectivity index (χ2n) is 7.34. The number of ether oxygens (including phenoxy) is 1. The Kier molecular flexibility index (Phi) is 5.46. The normalized spacial score (nSPS) is 17.3. The van der Waals surface area contributed by atoms with Crippen molar-refractivity contribution in [2.75, 3.05) is 4.90 Å². The van der Waals surface area contributed by atoms with Crippen LogP contribution in [0, 0.1) is 0 Å². The minimum Gasteiger partial charge on any atom is -0.507 e. The highest BCUT2D eigenvalue weighted by Crippen LogP contribution is 2.43. The van der Waals surface area contributed by atoms with Crippen LogP contribution in [0.15, 0.2) is 102 Å². The lowest BCUT2D eigenvalue weighted by molar-refractivity contribution is -0.132. The van der Waals surface area contributed by atoms with E-state index in [1.165, 1.54) is 16.2 Å². The largest absolute Gasteiger partial charge is 0.507 e. The SMILES string of the molecule is O=C1C(=O)N(c2nccs2)C(c2cccc(Oc3ccccc3)c2)C1=C(O)c1ccccc1. The summed E-state index contributed by atoms with van der Waals surface area (Å²) < 4.78 is 5.96. The van der Waals surface area contributed by atoms with Gasteiger partial charge in [0.05, 0.1) is 11.6 Å². The third-order valence-electron chi connectivity index (χ3n) is 5.27. The standard InChI is InChI=1S/C26H18N2O4S/c29-23(17-8-3-1-4-9-17)21-22(28(25(31)24(21)30)26-27-14-15-33-26)18-10-7-13-20(16-18)32-19-11-5-2-6-12-19/h1-16,22,29H. The number of hydrogen-bond donors (Lipinski definition) is 1. The van der Waals surface area contributed by atoms with Crippen molar-refractivity contribution in [3.63, 3.8) is 0 Å². The zero-order valence-electron chi connectivity index (χ0n) is 17.3. The van der Waals surface area contributed by atoms with Gasteiger partial charge in [-0.3, -0.25) is 14.5 Å². The molecule has 0 aliphatic carbocycles. The van der Waals surface area contributed by atoms with E-state index in [0.29, 0.717) is 27.8 Å². The van der Waals surface area contributed by atoms with Crippen LogP contribution >= 0.6 is 11.3 Å². The molecule has 1 amide bonds. The summed E-state index contributed by atoms with van der Waals surface area (Å²) in [5.41, 5.74) is 1.09. The van der Waals surface area contributed by atoms with Gasteiger partial charge in [-0.25, -0.2) is 4.98 Å². The second kappa shape index (κ2) is 8.72. The van der Waals surface area contributed by atoms with E-state index >= 15 is 0 Å². The summed E-state index contributed by atoms with van der Waals surface area (Å²) in [6.07, 6.45) is 1.57. The van der Waals surface area contributed by atoms with Gasteiger partial charge in [-0.2, -0.15) is 0 Å². The lowest BCUT2D eigenvalue weighted by atomic mass is 9.95. The van der Waals surface area contributed by atoms with Crippen LogP contribution in [0.3, 0.4) is 0 Å². The van der Waals surface area contributed by atoms with Gasteiger partial charge < -0.3 is 9.84 Å². The molecular weight excluding hydrogens is 436 g/mol. The summed E-state index contributed by atoms with van der Waals surface area (Å²) in [5.74, 6) is -0.517. The summed E-state index contributed by atoms with van der Waals surface area (Å²) >= 11 is 1.25. The number of aliphatic hydroxyl groups is 1. The van der Waals surface area contributed by atoms with E-state index in [2.05, 4.69) is 4.98 Å². The van der Waals surface area contributed by atoms with E-state index in [1.807, 2.05) is 36.4 Å². The molecule has 5 rings (SSSR count). The molecule has 33 heavy (non-hydrogen) atoms. The van der Waals surface area contributed by atoms with Crippen molar-refractivity contribution in [1.82, 2.24) is 4.98 Å². The molecule has 3 aromatic carbocycles. The molecule has 0 radical (unpaired) electrons. The first-order valence-electron chi connectivity index (χ1n) is 10.2. The van der Waals surface area contributed by atoms with Crippen molar-refractivity contribution in [1.29, 1.82) is 0 Å². The summed E-state index contributed by atoms with van der Waals surface area (Å²) in [7, 11) is 0. The molecule has 6 nitrogen and oxygen atoms in total. The lowest BCUT2D eigenvalue weighted by Crippen LogP contribution is -2.29. The molecule has 0 saturated carbocycles. The van der Waals surface area contributed by atoms with E-state index in [9.17, 15) is 14.7 Å². The van der Waals surface area contributed by atoms with Crippen LogP contribution in [0.25, 0.3) is 5.76 Å². The Balaban J connectivity index is 1.65. The number of anilines is 1. The van der Waals surface area contributed by atoms with Crippen LogP contribution in [0.2, 0.25) is 0 Å². The van der Waals surface area contributed by atoms with Crippen molar-refractivity contribution in [2.45, 2.75) is 6.04 Å². The fourth-order valence-corrected chi connectivity index (χ4v) is 4.47. The summed E-state index contributed by atoms with van der Waals surface area (Å²) in [6.45, 7) is 0. The molecule has 1 aliphatic heterocycles. The molecule has 1 saturated heterocycles. The first-order chi connectivity index (χ1) is 16.1. The zero-order valence-corrected chi connectivity index (χ0v) is 18.1. The van der Waals surface area contributed by atoms with Crippen molar-refractivity contribution >= 4 is 33.9 Å². The van der Waals surface area contributed by atoms with E-state index in [4.69, 9.17) is 4.74 Å². The van der Waals surface area contributed by atoms with Gasteiger partial charge in [0, 0.05) is 17.1 Å². The number of ketones is 1. The van der Waals surface area contributed by atoms with E-state index < -0.39 is 17.7 Å². The quantitative estimate of drug-likeness (QED) is 0.243. The van der Waals surface area contributed by atoms with Gasteiger partial charge in [-0.15, -0.1) is 11.3 Å². The number of amides is 1. The van der Waals surface area contributed by atoms with Gasteiger partial charge >= 0.3 is 5.91 Å². The molecule has 0 spiro atoms. The number of hydrogen-bond acceptors (Lipinski definition) is 6. The number of thiazole rings is 1. The highest BCUT2D eigenvalue weighted by Gasteiger charge is 2.48. The predicted octanol–water partition coefficient (Wildman–Crippen LogP) is 5.56. The molecule has 1 fully saturated rings.